The number of hydrogen-bond acceptors (Lipinski definition) is 3. The maximum absolute atomic E-state index is 11.9. The molecule has 0 aromatic heterocycles. The van der Waals surface area contributed by atoms with Gasteiger partial charge in [0, 0.05) is 0 Å². The number of carbonyl (C=O) groups is 1. The van der Waals surface area contributed by atoms with Gasteiger partial charge in [-0.1, -0.05) is 393 Å². The molecule has 0 aromatic rings. The molecule has 5 atom stereocenters. The smallest absolute Gasteiger partial charge is 0.309 e. The maximum atomic E-state index is 11.9. The molecular formula is C71H140O4. The molecule has 1 rings (SSSR count). The maximum Gasteiger partial charge on any atom is 0.309 e. The van der Waals surface area contributed by atoms with Crippen LogP contribution in [0.25, 0.3) is 0 Å². The van der Waals surface area contributed by atoms with Crippen LogP contribution in [0.4, 0.5) is 0 Å². The summed E-state index contributed by atoms with van der Waals surface area (Å²) in [4.78, 5) is 11.9. The van der Waals surface area contributed by atoms with E-state index < -0.39 is 18.0 Å². The molecule has 1 aliphatic rings. The monoisotopic (exact) mass is 1060 g/mol. The second kappa shape index (κ2) is 59.5. The van der Waals surface area contributed by atoms with Crippen molar-refractivity contribution in [2.24, 2.45) is 11.8 Å². The Balaban J connectivity index is 1.75. The average molecular weight is 1060 g/mol. The van der Waals surface area contributed by atoms with E-state index in [2.05, 4.69) is 20.8 Å². The third kappa shape index (κ3) is 52.5. The van der Waals surface area contributed by atoms with E-state index in [1.54, 1.807) is 0 Å². The van der Waals surface area contributed by atoms with Crippen LogP contribution in [0.2, 0.25) is 0 Å². The fourth-order valence-corrected chi connectivity index (χ4v) is 12.6. The first kappa shape index (κ1) is 72.4. The zero-order chi connectivity index (χ0) is 54.0. The van der Waals surface area contributed by atoms with Crippen molar-refractivity contribution in [3.8, 4) is 0 Å². The van der Waals surface area contributed by atoms with Gasteiger partial charge in [-0.2, -0.15) is 0 Å². The van der Waals surface area contributed by atoms with E-state index in [9.17, 15) is 15.0 Å². The Hall–Kier alpha value is -0.610. The lowest BCUT2D eigenvalue weighted by molar-refractivity contribution is -0.146. The van der Waals surface area contributed by atoms with Gasteiger partial charge in [0.1, 0.15) is 0 Å². The molecule has 75 heavy (non-hydrogen) atoms. The molecule has 1 heterocycles. The fourth-order valence-electron chi connectivity index (χ4n) is 12.6. The first-order valence-corrected chi connectivity index (χ1v) is 35.6. The van der Waals surface area contributed by atoms with Gasteiger partial charge in [0.2, 0.25) is 0 Å². The second-order valence-electron chi connectivity index (χ2n) is 25.6. The van der Waals surface area contributed by atoms with Crippen molar-refractivity contribution in [1.82, 2.24) is 0 Å². The van der Waals surface area contributed by atoms with E-state index in [0.29, 0.717) is 25.0 Å². The molecule has 0 bridgehead atoms. The summed E-state index contributed by atoms with van der Waals surface area (Å²) < 4.78 is 6.13. The molecule has 2 N–H and O–H groups in total. The molecule has 448 valence electrons. The molecule has 0 amide bonds. The van der Waals surface area contributed by atoms with Crippen molar-refractivity contribution in [3.05, 3.63) is 0 Å². The van der Waals surface area contributed by atoms with Crippen LogP contribution in [0.5, 0.6) is 0 Å². The normalized spacial score (nSPS) is 15.7. The Kier molecular flexibility index (Phi) is 57.4. The quantitative estimate of drug-likeness (QED) is 0.0470. The van der Waals surface area contributed by atoms with Crippen LogP contribution in [0.3, 0.4) is 0 Å². The lowest BCUT2D eigenvalue weighted by Gasteiger charge is -2.19. The number of ether oxygens (including phenoxy) is 1. The number of epoxide rings is 1. The van der Waals surface area contributed by atoms with E-state index in [-0.39, 0.29) is 0 Å². The summed E-state index contributed by atoms with van der Waals surface area (Å²) in [5, 5.41) is 20.5. The Labute approximate surface area is 472 Å². The van der Waals surface area contributed by atoms with Crippen molar-refractivity contribution in [1.29, 1.82) is 0 Å². The number of aliphatic hydroxyl groups excluding tert-OH is 1. The van der Waals surface area contributed by atoms with E-state index >= 15 is 0 Å². The van der Waals surface area contributed by atoms with Crippen LogP contribution in [-0.2, 0) is 9.53 Å². The van der Waals surface area contributed by atoms with Crippen LogP contribution in [0, 0.1) is 11.8 Å². The van der Waals surface area contributed by atoms with Crippen LogP contribution < -0.4 is 0 Å². The Bertz CT molecular complexity index is 1090. The van der Waals surface area contributed by atoms with Crippen LogP contribution >= 0.6 is 0 Å². The van der Waals surface area contributed by atoms with E-state index in [1.165, 1.54) is 360 Å². The molecule has 4 nitrogen and oxygen atoms in total. The predicted molar refractivity (Wildman–Crippen MR) is 333 cm³/mol. The van der Waals surface area contributed by atoms with Crippen molar-refractivity contribution in [2.75, 3.05) is 0 Å². The lowest BCUT2D eigenvalue weighted by Crippen LogP contribution is -2.28. The molecule has 0 aromatic carbocycles. The number of rotatable bonds is 66. The van der Waals surface area contributed by atoms with Gasteiger partial charge in [0.15, 0.2) is 0 Å². The summed E-state index contributed by atoms with van der Waals surface area (Å²) >= 11 is 0. The van der Waals surface area contributed by atoms with Crippen LogP contribution in [0.1, 0.15) is 419 Å². The van der Waals surface area contributed by atoms with Gasteiger partial charge in [0.25, 0.3) is 0 Å². The third-order valence-electron chi connectivity index (χ3n) is 18.1. The highest BCUT2D eigenvalue weighted by molar-refractivity contribution is 5.70. The first-order chi connectivity index (χ1) is 37.0. The largest absolute Gasteiger partial charge is 0.481 e. The Morgan fingerprint density at radius 1 is 0.320 bits per heavy atom. The van der Waals surface area contributed by atoms with Crippen LogP contribution in [0.15, 0.2) is 0 Å². The molecule has 1 saturated heterocycles. The van der Waals surface area contributed by atoms with E-state index in [0.717, 1.165) is 31.6 Å². The number of unbranched alkanes of at least 4 members (excludes halogenated alkanes) is 55. The molecule has 1 fully saturated rings. The summed E-state index contributed by atoms with van der Waals surface area (Å²) in [6.45, 7) is 7.05. The molecule has 4 heteroatoms. The summed E-state index contributed by atoms with van der Waals surface area (Å²) in [7, 11) is 0. The Morgan fingerprint density at radius 2 is 0.533 bits per heavy atom. The van der Waals surface area contributed by atoms with Gasteiger partial charge in [-0.15, -0.1) is 0 Å². The van der Waals surface area contributed by atoms with E-state index in [1.807, 2.05) is 0 Å². The molecule has 1 aliphatic heterocycles. The molecular weight excluding hydrogens is 917 g/mol. The van der Waals surface area contributed by atoms with Crippen LogP contribution in [-0.4, -0.2) is 34.5 Å². The van der Waals surface area contributed by atoms with E-state index in [4.69, 9.17) is 4.74 Å². The summed E-state index contributed by atoms with van der Waals surface area (Å²) in [5.41, 5.74) is 0. The third-order valence-corrected chi connectivity index (χ3v) is 18.1. The van der Waals surface area contributed by atoms with Crippen molar-refractivity contribution < 1.29 is 19.7 Å². The summed E-state index contributed by atoms with van der Waals surface area (Å²) in [6, 6.07) is 0. The fraction of sp³-hybridized carbons (Fsp3) is 0.986. The number of carboxylic acids is 1. The van der Waals surface area contributed by atoms with Gasteiger partial charge >= 0.3 is 5.97 Å². The highest BCUT2D eigenvalue weighted by Gasteiger charge is 2.41. The predicted octanol–water partition coefficient (Wildman–Crippen LogP) is 24.7. The molecule has 5 unspecified atom stereocenters. The number of hydrogen-bond donors (Lipinski definition) is 2. The van der Waals surface area contributed by atoms with Gasteiger partial charge in [-0.3, -0.25) is 4.79 Å². The first-order valence-electron chi connectivity index (χ1n) is 35.6. The highest BCUT2D eigenvalue weighted by atomic mass is 16.6. The number of carboxylic acid groups (broad SMARTS) is 1. The molecule has 0 radical (unpaired) electrons. The topological polar surface area (TPSA) is 70.1 Å². The summed E-state index contributed by atoms with van der Waals surface area (Å²) in [5.74, 6) is -0.619. The van der Waals surface area contributed by atoms with Gasteiger partial charge in [-0.05, 0) is 31.6 Å². The van der Waals surface area contributed by atoms with Gasteiger partial charge in [-0.25, -0.2) is 0 Å². The van der Waals surface area contributed by atoms with Crippen molar-refractivity contribution in [2.45, 2.75) is 437 Å². The highest BCUT2D eigenvalue weighted by Crippen LogP contribution is 2.36. The average Bonchev–Trinajstić information content (AvgIpc) is 4.19. The minimum atomic E-state index is -0.801. The number of aliphatic carboxylic acids is 1. The number of aliphatic hydroxyl groups is 1. The zero-order valence-electron chi connectivity index (χ0n) is 51.9. The van der Waals surface area contributed by atoms with Gasteiger partial charge in [0.05, 0.1) is 24.2 Å². The lowest BCUT2D eigenvalue weighted by atomic mass is 9.91. The SMILES string of the molecule is CCCCCCCCCCCCCCCCCCCCCCC(C(=O)O)C(O)CCCCCCCCCCCCCCCCCCCCCCCCC1OC1C(C)CCCCCCCCCCCCCCCCCC. The van der Waals surface area contributed by atoms with Gasteiger partial charge < -0.3 is 14.9 Å². The standard InChI is InChI=1S/C71H140O4/c1-4-6-8-10-12-14-16-18-20-22-23-28-31-35-39-43-47-51-55-59-63-67(71(73)74)68(72)64-60-56-52-48-44-40-36-32-29-26-24-25-27-30-33-37-41-45-49-53-57-61-65-69-70(75-69)66(3)62-58-54-50-46-42-38-34-21-19-17-15-13-11-9-7-5-2/h66-70,72H,4-65H2,1-3H3,(H,73,74). The molecule has 0 spiro atoms. The molecule has 0 aliphatic carbocycles. The summed E-state index contributed by atoms with van der Waals surface area (Å²) in [6.07, 6.45) is 84.8. The minimum absolute atomic E-state index is 0.579. The minimum Gasteiger partial charge on any atom is -0.481 e. The van der Waals surface area contributed by atoms with Crippen molar-refractivity contribution >= 4 is 5.97 Å². The van der Waals surface area contributed by atoms with Crippen molar-refractivity contribution in [3.63, 3.8) is 0 Å². The molecule has 0 saturated carbocycles. The second-order valence-corrected chi connectivity index (χ2v) is 25.6. The zero-order valence-corrected chi connectivity index (χ0v) is 51.9. The Morgan fingerprint density at radius 3 is 0.787 bits per heavy atom.